The molecular weight excluding hydrogens is 249 g/mol. The first-order chi connectivity index (χ1) is 9.81. The van der Waals surface area contributed by atoms with Crippen molar-refractivity contribution in [2.45, 2.75) is 13.7 Å². The fourth-order valence-electron chi connectivity index (χ4n) is 2.84. The van der Waals surface area contributed by atoms with Gasteiger partial charge < -0.3 is 4.57 Å². The Hall–Kier alpha value is -2.35. The molecule has 0 aliphatic carbocycles. The molecule has 0 aliphatic rings. The lowest BCUT2D eigenvalue weighted by Gasteiger charge is -2.03. The Kier molecular flexibility index (Phi) is 3.15. The van der Waals surface area contributed by atoms with E-state index >= 15 is 0 Å². The molecule has 1 heterocycles. The number of halogens is 1. The Labute approximate surface area is 117 Å². The molecule has 0 bridgehead atoms. The van der Waals surface area contributed by atoms with Crippen LogP contribution in [0.25, 0.3) is 33.8 Å². The number of fused-ring (bicyclic) bond motifs is 3. The van der Waals surface area contributed by atoms with E-state index in [0.717, 1.165) is 32.9 Å². The van der Waals surface area contributed by atoms with Crippen molar-refractivity contribution in [2.75, 3.05) is 0 Å². The Morgan fingerprint density at radius 1 is 1.20 bits per heavy atom. The number of hydrogen-bond acceptors (Lipinski definition) is 0. The van der Waals surface area contributed by atoms with E-state index in [0.29, 0.717) is 0 Å². The molecule has 2 heteroatoms. The third-order valence-corrected chi connectivity index (χ3v) is 3.68. The highest BCUT2D eigenvalue weighted by molar-refractivity contribution is 6.12. The molecular formula is C18H16FN. The Morgan fingerprint density at radius 3 is 2.70 bits per heavy atom. The van der Waals surface area contributed by atoms with Crippen LogP contribution in [-0.4, -0.2) is 4.57 Å². The number of benzene rings is 2. The standard InChI is InChI=1S/C18H16FN/c1-3-7-16-14(4-2)18-15-9-6-5-8-13(15)10-11-17(18)20(16)12-19/h3-11H,2,12H2,1H3/b7-3-. The van der Waals surface area contributed by atoms with Gasteiger partial charge in [-0.25, -0.2) is 4.39 Å². The predicted octanol–water partition coefficient (Wildman–Crippen LogP) is 5.40. The molecule has 1 nitrogen and oxygen atoms in total. The van der Waals surface area contributed by atoms with Gasteiger partial charge in [0, 0.05) is 10.9 Å². The van der Waals surface area contributed by atoms with Crippen LogP contribution in [0.15, 0.2) is 49.1 Å². The normalized spacial score (nSPS) is 11.7. The molecule has 0 saturated carbocycles. The van der Waals surface area contributed by atoms with Gasteiger partial charge in [-0.05, 0) is 29.8 Å². The van der Waals surface area contributed by atoms with Crippen LogP contribution in [0.4, 0.5) is 4.39 Å². The molecule has 0 atom stereocenters. The molecule has 100 valence electrons. The van der Waals surface area contributed by atoms with Crippen LogP contribution in [0, 0.1) is 0 Å². The molecule has 0 aliphatic heterocycles. The van der Waals surface area contributed by atoms with E-state index in [-0.39, 0.29) is 0 Å². The second-order valence-electron chi connectivity index (χ2n) is 4.73. The summed E-state index contributed by atoms with van der Waals surface area (Å²) < 4.78 is 15.2. The Balaban J connectivity index is 2.58. The van der Waals surface area contributed by atoms with Gasteiger partial charge >= 0.3 is 0 Å². The largest absolute Gasteiger partial charge is 0.312 e. The zero-order chi connectivity index (χ0) is 14.1. The first-order valence-electron chi connectivity index (χ1n) is 6.67. The summed E-state index contributed by atoms with van der Waals surface area (Å²) in [6.07, 6.45) is 5.68. The van der Waals surface area contributed by atoms with Crippen LogP contribution >= 0.6 is 0 Å². The summed E-state index contributed by atoms with van der Waals surface area (Å²) in [4.78, 5) is 0. The van der Waals surface area contributed by atoms with Gasteiger partial charge in [0.1, 0.15) is 0 Å². The lowest BCUT2D eigenvalue weighted by molar-refractivity contribution is 0.384. The van der Waals surface area contributed by atoms with Crippen molar-refractivity contribution in [3.05, 3.63) is 60.3 Å². The van der Waals surface area contributed by atoms with Gasteiger partial charge in [0.05, 0.1) is 11.2 Å². The van der Waals surface area contributed by atoms with Gasteiger partial charge in [0.25, 0.3) is 0 Å². The molecule has 3 aromatic rings. The summed E-state index contributed by atoms with van der Waals surface area (Å²) in [5.41, 5.74) is 2.78. The van der Waals surface area contributed by atoms with Crippen LogP contribution < -0.4 is 0 Å². The minimum Gasteiger partial charge on any atom is -0.312 e. The summed E-state index contributed by atoms with van der Waals surface area (Å²) in [5.74, 6) is 0. The van der Waals surface area contributed by atoms with Crippen LogP contribution in [0.2, 0.25) is 0 Å². The molecule has 0 amide bonds. The molecule has 0 saturated heterocycles. The van der Waals surface area contributed by atoms with Crippen molar-refractivity contribution in [3.8, 4) is 0 Å². The maximum atomic E-state index is 13.5. The second kappa shape index (κ2) is 4.97. The smallest absolute Gasteiger partial charge is 0.166 e. The number of nitrogens with zero attached hydrogens (tertiary/aromatic N) is 1. The van der Waals surface area contributed by atoms with Gasteiger partial charge in [-0.1, -0.05) is 49.1 Å². The van der Waals surface area contributed by atoms with E-state index in [4.69, 9.17) is 0 Å². The first-order valence-corrected chi connectivity index (χ1v) is 6.67. The zero-order valence-corrected chi connectivity index (χ0v) is 11.4. The predicted molar refractivity (Wildman–Crippen MR) is 85.4 cm³/mol. The monoisotopic (exact) mass is 265 g/mol. The van der Waals surface area contributed by atoms with E-state index in [1.807, 2.05) is 49.4 Å². The van der Waals surface area contributed by atoms with E-state index < -0.39 is 6.80 Å². The summed E-state index contributed by atoms with van der Waals surface area (Å²) in [6.45, 7) is 5.31. The molecule has 3 rings (SSSR count). The minimum absolute atomic E-state index is 0.539. The maximum absolute atomic E-state index is 13.5. The van der Waals surface area contributed by atoms with Gasteiger partial charge in [0.2, 0.25) is 0 Å². The summed E-state index contributed by atoms with van der Waals surface area (Å²) in [7, 11) is 0. The van der Waals surface area contributed by atoms with Crippen LogP contribution in [0.5, 0.6) is 0 Å². The SMILES string of the molecule is C=Cc1c(/C=C\C)n(CF)c2ccc3ccccc3c12. The maximum Gasteiger partial charge on any atom is 0.166 e. The lowest BCUT2D eigenvalue weighted by atomic mass is 10.0. The molecule has 0 spiro atoms. The van der Waals surface area contributed by atoms with E-state index in [1.165, 1.54) is 0 Å². The van der Waals surface area contributed by atoms with Crippen molar-refractivity contribution in [1.82, 2.24) is 4.57 Å². The fraction of sp³-hybridized carbons (Fsp3) is 0.111. The highest BCUT2D eigenvalue weighted by Gasteiger charge is 2.15. The highest BCUT2D eigenvalue weighted by Crippen LogP contribution is 2.34. The summed E-state index contributed by atoms with van der Waals surface area (Å²) in [6, 6.07) is 12.2. The third kappa shape index (κ3) is 1.68. The highest BCUT2D eigenvalue weighted by atomic mass is 19.1. The Morgan fingerprint density at radius 2 is 2.00 bits per heavy atom. The number of alkyl halides is 1. The van der Waals surface area contributed by atoms with Gasteiger partial charge in [0.15, 0.2) is 6.80 Å². The average Bonchev–Trinajstić information content (AvgIpc) is 2.80. The first kappa shape index (κ1) is 12.7. The number of hydrogen-bond donors (Lipinski definition) is 0. The lowest BCUT2D eigenvalue weighted by Crippen LogP contribution is -1.95. The van der Waals surface area contributed by atoms with Crippen LogP contribution in [-0.2, 0) is 6.80 Å². The van der Waals surface area contributed by atoms with Gasteiger partial charge in [-0.15, -0.1) is 0 Å². The van der Waals surface area contributed by atoms with Gasteiger partial charge in [-0.3, -0.25) is 0 Å². The zero-order valence-electron chi connectivity index (χ0n) is 11.4. The van der Waals surface area contributed by atoms with Crippen LogP contribution in [0.3, 0.4) is 0 Å². The van der Waals surface area contributed by atoms with Crippen molar-refractivity contribution >= 4 is 33.8 Å². The summed E-state index contributed by atoms with van der Waals surface area (Å²) in [5, 5.41) is 3.37. The van der Waals surface area contributed by atoms with Crippen LogP contribution in [0.1, 0.15) is 18.2 Å². The third-order valence-electron chi connectivity index (χ3n) is 3.68. The fourth-order valence-corrected chi connectivity index (χ4v) is 2.84. The summed E-state index contributed by atoms with van der Waals surface area (Å²) >= 11 is 0. The quantitative estimate of drug-likeness (QED) is 0.597. The molecule has 0 fully saturated rings. The number of rotatable bonds is 3. The number of allylic oxidation sites excluding steroid dienone is 1. The van der Waals surface area contributed by atoms with Crippen molar-refractivity contribution in [1.29, 1.82) is 0 Å². The van der Waals surface area contributed by atoms with E-state index in [9.17, 15) is 4.39 Å². The number of aromatic nitrogens is 1. The Bertz CT molecular complexity index is 824. The van der Waals surface area contributed by atoms with E-state index in [2.05, 4.69) is 18.7 Å². The molecule has 0 N–H and O–H groups in total. The van der Waals surface area contributed by atoms with Crippen molar-refractivity contribution in [2.24, 2.45) is 0 Å². The van der Waals surface area contributed by atoms with Crippen molar-refractivity contribution in [3.63, 3.8) is 0 Å². The molecule has 20 heavy (non-hydrogen) atoms. The average molecular weight is 265 g/mol. The topological polar surface area (TPSA) is 4.93 Å². The second-order valence-corrected chi connectivity index (χ2v) is 4.73. The molecule has 0 unspecified atom stereocenters. The van der Waals surface area contributed by atoms with E-state index in [1.54, 1.807) is 4.57 Å². The van der Waals surface area contributed by atoms with Crippen molar-refractivity contribution < 1.29 is 4.39 Å². The minimum atomic E-state index is -0.539. The molecule has 0 radical (unpaired) electrons. The molecule has 1 aromatic heterocycles. The van der Waals surface area contributed by atoms with Gasteiger partial charge in [-0.2, -0.15) is 0 Å². The molecule has 2 aromatic carbocycles.